The van der Waals surface area contributed by atoms with Crippen molar-refractivity contribution in [3.8, 4) is 39.1 Å². The summed E-state index contributed by atoms with van der Waals surface area (Å²) >= 11 is 1.72. The van der Waals surface area contributed by atoms with Gasteiger partial charge in [0.05, 0.1) is 22.0 Å². The molecule has 0 bridgehead atoms. The van der Waals surface area contributed by atoms with Gasteiger partial charge in [-0.2, -0.15) is 0 Å². The van der Waals surface area contributed by atoms with Crippen molar-refractivity contribution < 1.29 is 15.4 Å². The Morgan fingerprint density at radius 3 is 1.23 bits per heavy atom. The van der Waals surface area contributed by atoms with Gasteiger partial charge in [0.15, 0.2) is 8.07 Å². The van der Waals surface area contributed by atoms with Gasteiger partial charge in [0.2, 0.25) is 0 Å². The Labute approximate surface area is 711 Å². The molecule has 2 nitrogen and oxygen atoms in total. The average molecular weight is 1570 g/mol. The molecule has 117 heavy (non-hydrogen) atoms. The summed E-state index contributed by atoms with van der Waals surface area (Å²) in [5, 5.41) is 11.3. The Bertz CT molecular complexity index is 6600. The molecule has 584 valence electrons. The third kappa shape index (κ3) is 16.2. The minimum absolute atomic E-state index is 0.0310. The highest BCUT2D eigenvalue weighted by Crippen LogP contribution is 2.50. The van der Waals surface area contributed by atoms with Gasteiger partial charge in [-0.05, 0) is 177 Å². The summed E-state index contributed by atoms with van der Waals surface area (Å²) in [4.78, 5) is 0. The van der Waals surface area contributed by atoms with E-state index >= 15 is 0 Å². The van der Waals surface area contributed by atoms with Crippen molar-refractivity contribution in [2.45, 2.75) is 150 Å². The minimum atomic E-state index is -2.13. The number of hydrogen-bond acceptors (Lipinski definition) is 2. The van der Waals surface area contributed by atoms with Gasteiger partial charge in [0, 0.05) is 53.3 Å². The van der Waals surface area contributed by atoms with Crippen LogP contribution in [0, 0.1) is 13.8 Å². The fourth-order valence-corrected chi connectivity index (χ4v) is 24.2. The number of benzene rings is 15. The monoisotopic (exact) mass is 1570 g/mol. The number of hydrogen-bond donors (Lipinski definition) is 0. The van der Waals surface area contributed by atoms with E-state index in [-0.39, 0.29) is 75.0 Å². The lowest BCUT2D eigenvalue weighted by Crippen LogP contribution is -2.72. The average Bonchev–Trinajstić information content (AvgIpc) is 1.01. The van der Waals surface area contributed by atoms with Crippen molar-refractivity contribution in [2.75, 3.05) is 0 Å². The predicted octanol–water partition coefficient (Wildman–Crippen LogP) is 30.4. The topological polar surface area (TPSA) is 18.1 Å². The van der Waals surface area contributed by atoms with Crippen LogP contribution in [0.4, 0.5) is 0 Å². The van der Waals surface area contributed by atoms with Crippen molar-refractivity contribution >= 4 is 98.9 Å². The molecule has 3 aromatic heterocycles. The molecule has 0 radical (unpaired) electrons. The van der Waals surface area contributed by atoms with Gasteiger partial charge in [-0.25, -0.2) is 0 Å². The first-order chi connectivity index (χ1) is 59.4. The Balaban J connectivity index is 0.000000121. The Morgan fingerprint density at radius 2 is 0.744 bits per heavy atom. The largest absolute Gasteiger partial charge is 0.456 e. The Hall–Kier alpha value is -11.7. The summed E-state index contributed by atoms with van der Waals surface area (Å²) in [7, 11) is -2.13. The van der Waals surface area contributed by atoms with E-state index in [0.29, 0.717) is 39.3 Å². The fraction of sp³-hybridized carbons (Fsp3) is 0.204. The maximum absolute atomic E-state index is 8.60. The third-order valence-electron chi connectivity index (χ3n) is 22.9. The van der Waals surface area contributed by atoms with Crippen LogP contribution in [0.3, 0.4) is 0 Å². The summed E-state index contributed by atoms with van der Waals surface area (Å²) in [5.41, 5.74) is 20.8. The number of furan rings is 1. The number of fused-ring (bicyclic) bond motifs is 12. The first kappa shape index (κ1) is 70.7. The van der Waals surface area contributed by atoms with Gasteiger partial charge in [0.1, 0.15) is 11.2 Å². The Morgan fingerprint density at radius 1 is 0.342 bits per heavy atom. The molecule has 3 heterocycles. The number of aromatic nitrogens is 1. The second-order valence-corrected chi connectivity index (χ2v) is 42.0. The maximum Gasteiger partial charge on any atom is 0.153 e. The van der Waals surface area contributed by atoms with Crippen molar-refractivity contribution in [3.05, 3.63) is 408 Å². The maximum atomic E-state index is 8.60. The van der Waals surface area contributed by atoms with E-state index in [0.717, 1.165) is 37.6 Å². The molecule has 0 saturated heterocycles. The lowest BCUT2D eigenvalue weighted by Gasteiger charge is -2.44. The van der Waals surface area contributed by atoms with Gasteiger partial charge in [-0.3, -0.25) is 0 Å². The van der Waals surface area contributed by atoms with Gasteiger partial charge < -0.3 is 8.98 Å². The Kier molecular flexibility index (Phi) is 19.8. The number of nitrogens with zero attached hydrogens (tertiary/aromatic N) is 1. The van der Waals surface area contributed by atoms with Crippen LogP contribution in [0.5, 0.6) is 0 Å². The van der Waals surface area contributed by atoms with Crippen LogP contribution < -0.4 is 15.6 Å². The number of thiophene rings is 1. The summed E-state index contributed by atoms with van der Waals surface area (Å²) in [6, 6.07) is 110. The van der Waals surface area contributed by atoms with Crippen molar-refractivity contribution in [1.29, 1.82) is 0 Å². The quantitative estimate of drug-likeness (QED) is 0.115. The molecule has 1 aliphatic carbocycles. The lowest BCUT2D eigenvalue weighted by atomic mass is 9.83. The van der Waals surface area contributed by atoms with E-state index in [2.05, 4.69) is 375 Å². The molecular weight excluding hydrogens is 1450 g/mol. The van der Waals surface area contributed by atoms with Crippen molar-refractivity contribution in [1.82, 2.24) is 4.57 Å². The summed E-state index contributed by atoms with van der Waals surface area (Å²) in [6.45, 7) is 37.2. The number of rotatable bonds is 7. The zero-order valence-electron chi connectivity index (χ0n) is 78.8. The molecule has 0 fully saturated rings. The molecule has 15 aromatic carbocycles. The zero-order chi connectivity index (χ0) is 89.1. The molecular formula is C113H111NOSSi. The van der Waals surface area contributed by atoms with Gasteiger partial charge in [-0.15, -0.1) is 11.3 Å². The highest BCUT2D eigenvalue weighted by atomic mass is 32.1. The standard InChI is InChI=1S/C23H22O.C23H22S.C23H22.C22H21N.C22H24Si/c2*1-15-8-5-9-16(14-15)17-10-6-12-19-21(17)22-18(23(2,3)4)11-7-13-20(22)24-19;1-23(2,3)17-14-12-16(13-15-17)22-20-10-6-4-8-18(20)19-9-5-7-11-21(19)22;1-22(2,3)16-9-8-10-17(15-16)23-20-13-6-4-11-18(20)19-12-5-7-14-21(19)23;1-22(2,3)23(19-13-7-4-8-14-19,20-15-9-5-10-16-20)21-17-11-6-12-18-21/h2*5-14H,1-4H3;4-15,22H,1-3H3;4-15H,1-3H3;4-18H,1-3H3/i2*5D,8D,9D,14D;;;. The lowest BCUT2D eigenvalue weighted by molar-refractivity contribution is 0.589. The summed E-state index contributed by atoms with van der Waals surface area (Å²) in [6.07, 6.45) is 0. The first-order valence-electron chi connectivity index (χ1n) is 45.0. The first-order valence-corrected chi connectivity index (χ1v) is 43.8. The molecule has 0 unspecified atom stereocenters. The van der Waals surface area contributed by atoms with Crippen LogP contribution in [0.15, 0.2) is 362 Å². The van der Waals surface area contributed by atoms with E-state index in [1.807, 2.05) is 42.5 Å². The van der Waals surface area contributed by atoms with Gasteiger partial charge in [0.25, 0.3) is 0 Å². The minimum Gasteiger partial charge on any atom is -0.456 e. The summed E-state index contributed by atoms with van der Waals surface area (Å²) < 4.78 is 77.3. The molecule has 0 amide bonds. The molecule has 18 aromatic rings. The zero-order valence-corrected chi connectivity index (χ0v) is 72.6. The van der Waals surface area contributed by atoms with Gasteiger partial charge in [-0.1, -0.05) is 424 Å². The van der Waals surface area contributed by atoms with Crippen LogP contribution in [0.2, 0.25) is 5.04 Å². The molecule has 0 atom stereocenters. The van der Waals surface area contributed by atoms with E-state index in [4.69, 9.17) is 15.4 Å². The van der Waals surface area contributed by atoms with Crippen LogP contribution in [0.25, 0.3) is 103 Å². The smallest absolute Gasteiger partial charge is 0.153 e. The molecule has 0 spiro atoms. The van der Waals surface area contributed by atoms with Crippen LogP contribution >= 0.6 is 11.3 Å². The normalized spacial score (nSPS) is 13.4. The molecule has 4 heteroatoms. The second-order valence-electron chi connectivity index (χ2n) is 36.2. The predicted molar refractivity (Wildman–Crippen MR) is 512 cm³/mol. The second kappa shape index (κ2) is 32.8. The van der Waals surface area contributed by atoms with E-state index < -0.39 is 8.07 Å². The third-order valence-corrected chi connectivity index (χ3v) is 29.9. The number of para-hydroxylation sites is 2. The van der Waals surface area contributed by atoms with Crippen molar-refractivity contribution in [2.24, 2.45) is 0 Å². The van der Waals surface area contributed by atoms with Gasteiger partial charge >= 0.3 is 0 Å². The molecule has 19 rings (SSSR count). The molecule has 0 aliphatic heterocycles. The molecule has 1 aliphatic rings. The van der Waals surface area contributed by atoms with E-state index in [1.165, 1.54) is 97.6 Å². The fourth-order valence-electron chi connectivity index (χ4n) is 17.4. The van der Waals surface area contributed by atoms with Crippen LogP contribution in [-0.4, -0.2) is 12.6 Å². The highest BCUT2D eigenvalue weighted by Gasteiger charge is 2.49. The van der Waals surface area contributed by atoms with Crippen LogP contribution in [0.1, 0.15) is 171 Å². The van der Waals surface area contributed by atoms with Crippen molar-refractivity contribution in [3.63, 3.8) is 0 Å². The van der Waals surface area contributed by atoms with E-state index in [1.54, 1.807) is 25.2 Å². The van der Waals surface area contributed by atoms with E-state index in [9.17, 15) is 0 Å². The molecule has 0 saturated carbocycles. The SMILES string of the molecule is CC(C)(C)[Si](c1ccccc1)(c1ccccc1)c1ccccc1.CC(C)(C)c1ccc(C2c3ccccc3-c3ccccc32)cc1.CC(C)(C)c1cccc(-n2c3ccccc3c3ccccc32)c1.[2H]c1c([2H])c(C)c([2H])c(-c2cccc3oc4cccc(C(C)(C)C)c4c23)c1[2H].[2H]c1c([2H])c(C)c([2H])c(-c2cccc3sc4cccc(C(C)(C)C)c4c23)c1[2H]. The highest BCUT2D eigenvalue weighted by molar-refractivity contribution is 7.26. The summed E-state index contributed by atoms with van der Waals surface area (Å²) in [5.74, 6) is 0.358. The molecule has 0 N–H and O–H groups in total. The van der Waals surface area contributed by atoms with Crippen LogP contribution in [-0.2, 0) is 21.7 Å².